The van der Waals surface area contributed by atoms with Crippen LogP contribution < -0.4 is 15.4 Å². The molecule has 0 spiro atoms. The summed E-state index contributed by atoms with van der Waals surface area (Å²) >= 11 is 0. The molecule has 0 radical (unpaired) electrons. The van der Waals surface area contributed by atoms with Gasteiger partial charge in [-0.05, 0) is 25.2 Å². The van der Waals surface area contributed by atoms with Crippen LogP contribution in [0, 0.1) is 5.92 Å². The molecule has 1 aromatic rings. The molecule has 0 aliphatic rings. The lowest BCUT2D eigenvalue weighted by Gasteiger charge is -2.12. The highest BCUT2D eigenvalue weighted by Crippen LogP contribution is 2.16. The van der Waals surface area contributed by atoms with Gasteiger partial charge in [0.15, 0.2) is 0 Å². The van der Waals surface area contributed by atoms with Crippen molar-refractivity contribution in [3.63, 3.8) is 0 Å². The second-order valence-electron chi connectivity index (χ2n) is 4.88. The molecule has 24 heavy (non-hydrogen) atoms. The van der Waals surface area contributed by atoms with Gasteiger partial charge in [-0.25, -0.2) is 8.42 Å². The number of hydrogen-bond acceptors (Lipinski definition) is 6. The summed E-state index contributed by atoms with van der Waals surface area (Å²) in [5.41, 5.74) is 0.360. The fourth-order valence-electron chi connectivity index (χ4n) is 1.71. The van der Waals surface area contributed by atoms with Crippen LogP contribution in [0.4, 0.5) is 5.69 Å². The molecule has 0 fully saturated rings. The zero-order valence-electron chi connectivity index (χ0n) is 13.7. The molecule has 1 amide bonds. The molecule has 8 nitrogen and oxygen atoms in total. The maximum atomic E-state index is 12.1. The maximum Gasteiger partial charge on any atom is 0.320 e. The van der Waals surface area contributed by atoms with Crippen molar-refractivity contribution in [2.75, 3.05) is 32.6 Å². The Balaban J connectivity index is 0.00000529. The van der Waals surface area contributed by atoms with E-state index in [1.54, 1.807) is 20.0 Å². The molecule has 0 heterocycles. The average molecular weight is 380 g/mol. The Labute approximate surface area is 147 Å². The number of methoxy groups -OCH3 is 1. The third-order valence-corrected chi connectivity index (χ3v) is 4.40. The van der Waals surface area contributed by atoms with E-state index in [-0.39, 0.29) is 29.1 Å². The Morgan fingerprint density at radius 3 is 2.54 bits per heavy atom. The maximum absolute atomic E-state index is 12.1. The van der Waals surface area contributed by atoms with Crippen LogP contribution in [-0.2, 0) is 24.3 Å². The number of nitrogens with one attached hydrogen (secondary N) is 3. The molecular formula is C14H22ClN3O5S. The molecular weight excluding hydrogens is 358 g/mol. The number of anilines is 1. The molecule has 0 saturated carbocycles. The minimum Gasteiger partial charge on any atom is -0.468 e. The summed E-state index contributed by atoms with van der Waals surface area (Å²) < 4.78 is 30.7. The third kappa shape index (κ3) is 6.83. The van der Waals surface area contributed by atoms with E-state index < -0.39 is 22.5 Å². The molecule has 0 aliphatic carbocycles. The fraction of sp³-hybridized carbons (Fsp3) is 0.429. The smallest absolute Gasteiger partial charge is 0.320 e. The van der Waals surface area contributed by atoms with E-state index in [1.165, 1.54) is 25.3 Å². The number of esters is 1. The molecule has 136 valence electrons. The van der Waals surface area contributed by atoms with Crippen LogP contribution in [0.2, 0.25) is 0 Å². The standard InChI is InChI=1S/C14H21N3O5S.ClH/c1-10(8-15-2)14(19)17-11-5-4-6-12(7-11)23(20,21)16-9-13(18)22-3;/h4-7,10,15-16H,8-9H2,1-3H3,(H,17,19);1H. The van der Waals surface area contributed by atoms with Crippen LogP contribution >= 0.6 is 12.4 Å². The zero-order valence-corrected chi connectivity index (χ0v) is 15.3. The lowest BCUT2D eigenvalue weighted by Crippen LogP contribution is -2.30. The second-order valence-corrected chi connectivity index (χ2v) is 6.64. The van der Waals surface area contributed by atoms with E-state index in [2.05, 4.69) is 20.1 Å². The lowest BCUT2D eigenvalue weighted by atomic mass is 10.1. The Morgan fingerprint density at radius 2 is 1.96 bits per heavy atom. The number of halogens is 1. The molecule has 0 aromatic heterocycles. The third-order valence-electron chi connectivity index (χ3n) is 3.00. The van der Waals surface area contributed by atoms with Crippen molar-refractivity contribution in [1.82, 2.24) is 10.0 Å². The first-order valence-electron chi connectivity index (χ1n) is 6.92. The second kappa shape index (κ2) is 10.2. The highest BCUT2D eigenvalue weighted by atomic mass is 35.5. The van der Waals surface area contributed by atoms with Crippen molar-refractivity contribution >= 4 is 40.0 Å². The van der Waals surface area contributed by atoms with Gasteiger partial charge in [0, 0.05) is 18.2 Å². The van der Waals surface area contributed by atoms with Crippen LogP contribution in [0.3, 0.4) is 0 Å². The molecule has 1 rings (SSSR count). The minimum absolute atomic E-state index is 0. The van der Waals surface area contributed by atoms with E-state index >= 15 is 0 Å². The van der Waals surface area contributed by atoms with Gasteiger partial charge in [-0.15, -0.1) is 12.4 Å². The summed E-state index contributed by atoms with van der Waals surface area (Å²) in [6.45, 7) is 1.80. The lowest BCUT2D eigenvalue weighted by molar-refractivity contribution is -0.139. The molecule has 1 unspecified atom stereocenters. The summed E-state index contributed by atoms with van der Waals surface area (Å²) in [4.78, 5) is 22.9. The van der Waals surface area contributed by atoms with Gasteiger partial charge in [0.25, 0.3) is 0 Å². The quantitative estimate of drug-likeness (QED) is 0.562. The highest BCUT2D eigenvalue weighted by Gasteiger charge is 2.17. The van der Waals surface area contributed by atoms with E-state index in [4.69, 9.17) is 0 Å². The molecule has 3 N–H and O–H groups in total. The SMILES string of the molecule is CNCC(C)C(=O)Nc1cccc(S(=O)(=O)NCC(=O)OC)c1.Cl. The Hall–Kier alpha value is -1.68. The summed E-state index contributed by atoms with van der Waals surface area (Å²) in [5, 5.41) is 5.54. The normalized spacial score (nSPS) is 12.0. The summed E-state index contributed by atoms with van der Waals surface area (Å²) in [6.07, 6.45) is 0. The van der Waals surface area contributed by atoms with Crippen molar-refractivity contribution in [2.24, 2.45) is 5.92 Å². The van der Waals surface area contributed by atoms with E-state index in [0.717, 1.165) is 0 Å². The Bertz CT molecular complexity index is 666. The molecule has 0 aliphatic heterocycles. The first-order chi connectivity index (χ1) is 10.8. The predicted molar refractivity (Wildman–Crippen MR) is 92.6 cm³/mol. The van der Waals surface area contributed by atoms with Crippen molar-refractivity contribution in [2.45, 2.75) is 11.8 Å². The number of benzene rings is 1. The number of amides is 1. The summed E-state index contributed by atoms with van der Waals surface area (Å²) in [7, 11) is -0.963. The Morgan fingerprint density at radius 1 is 1.29 bits per heavy atom. The number of ether oxygens (including phenoxy) is 1. The summed E-state index contributed by atoms with van der Waals surface area (Å²) in [6, 6.07) is 5.78. The number of sulfonamides is 1. The van der Waals surface area contributed by atoms with Gasteiger partial charge in [-0.2, -0.15) is 4.72 Å². The first-order valence-corrected chi connectivity index (χ1v) is 8.40. The van der Waals surface area contributed by atoms with Crippen LogP contribution in [0.5, 0.6) is 0 Å². The van der Waals surface area contributed by atoms with Gasteiger partial charge in [0.1, 0.15) is 6.54 Å². The van der Waals surface area contributed by atoms with Gasteiger partial charge in [-0.3, -0.25) is 9.59 Å². The van der Waals surface area contributed by atoms with E-state index in [1.807, 2.05) is 0 Å². The van der Waals surface area contributed by atoms with Crippen LogP contribution in [-0.4, -0.2) is 47.5 Å². The number of carbonyl (C=O) groups is 2. The molecule has 1 atom stereocenters. The fourth-order valence-corrected chi connectivity index (χ4v) is 2.73. The van der Waals surface area contributed by atoms with Crippen LogP contribution in [0.15, 0.2) is 29.2 Å². The molecule has 1 aromatic carbocycles. The van der Waals surface area contributed by atoms with Gasteiger partial charge < -0.3 is 15.4 Å². The van der Waals surface area contributed by atoms with E-state index in [0.29, 0.717) is 12.2 Å². The first kappa shape index (κ1) is 22.3. The molecule has 0 saturated heterocycles. The molecule has 0 bridgehead atoms. The van der Waals surface area contributed by atoms with E-state index in [9.17, 15) is 18.0 Å². The van der Waals surface area contributed by atoms with Crippen molar-refractivity contribution < 1.29 is 22.7 Å². The van der Waals surface area contributed by atoms with Gasteiger partial charge in [0.05, 0.1) is 12.0 Å². The summed E-state index contributed by atoms with van der Waals surface area (Å²) in [5.74, 6) is -1.19. The highest BCUT2D eigenvalue weighted by molar-refractivity contribution is 7.89. The largest absolute Gasteiger partial charge is 0.468 e. The molecule has 10 heteroatoms. The number of hydrogen-bond donors (Lipinski definition) is 3. The number of rotatable bonds is 8. The van der Waals surface area contributed by atoms with Gasteiger partial charge in [0.2, 0.25) is 15.9 Å². The van der Waals surface area contributed by atoms with Crippen molar-refractivity contribution in [1.29, 1.82) is 0 Å². The van der Waals surface area contributed by atoms with Crippen LogP contribution in [0.25, 0.3) is 0 Å². The minimum atomic E-state index is -3.87. The van der Waals surface area contributed by atoms with Crippen molar-refractivity contribution in [3.05, 3.63) is 24.3 Å². The average Bonchev–Trinajstić information content (AvgIpc) is 2.53. The topological polar surface area (TPSA) is 114 Å². The zero-order chi connectivity index (χ0) is 17.5. The predicted octanol–water partition coefficient (Wildman–Crippen LogP) is 0.354. The van der Waals surface area contributed by atoms with Crippen molar-refractivity contribution in [3.8, 4) is 0 Å². The monoisotopic (exact) mass is 379 g/mol. The number of carbonyl (C=O) groups excluding carboxylic acids is 2. The van der Waals surface area contributed by atoms with Gasteiger partial charge >= 0.3 is 5.97 Å². The Kier molecular flexibility index (Phi) is 9.52. The van der Waals surface area contributed by atoms with Gasteiger partial charge in [-0.1, -0.05) is 13.0 Å². The van der Waals surface area contributed by atoms with Crippen LogP contribution in [0.1, 0.15) is 6.92 Å².